The quantitative estimate of drug-likeness (QED) is 0.616. The Kier molecular flexibility index (Phi) is 2.52. The van der Waals surface area contributed by atoms with Crippen LogP contribution >= 0.6 is 0 Å². The molecule has 1 aliphatic heterocycles. The Morgan fingerprint density at radius 2 is 1.48 bits per heavy atom. The molecule has 2 aliphatic carbocycles. The zero-order chi connectivity index (χ0) is 14.7. The van der Waals surface area contributed by atoms with Crippen molar-refractivity contribution in [2.24, 2.45) is 23.7 Å². The first-order valence-corrected chi connectivity index (χ1v) is 7.41. The lowest BCUT2D eigenvalue weighted by atomic mass is 9.85. The molecule has 4 heteroatoms. The van der Waals surface area contributed by atoms with E-state index in [1.54, 1.807) is 0 Å². The zero-order valence-electron chi connectivity index (χ0n) is 12.2. The normalized spacial score (nSPS) is 33.0. The molecule has 4 atom stereocenters. The number of carbonyl (C=O) groups excluding carboxylic acids is 2. The molecule has 1 saturated heterocycles. The molecular formula is C17H18N2O2. The minimum absolute atomic E-state index is 0.0144. The molecule has 3 aliphatic rings. The van der Waals surface area contributed by atoms with Crippen LogP contribution in [0.25, 0.3) is 0 Å². The molecule has 0 radical (unpaired) electrons. The van der Waals surface area contributed by atoms with Crippen molar-refractivity contribution in [3.05, 3.63) is 36.4 Å². The fourth-order valence-corrected chi connectivity index (χ4v) is 4.06. The zero-order valence-corrected chi connectivity index (χ0v) is 12.2. The predicted octanol–water partition coefficient (Wildman–Crippen LogP) is 2.06. The van der Waals surface area contributed by atoms with Gasteiger partial charge in [0, 0.05) is 19.8 Å². The molecule has 4 nitrogen and oxygen atoms in total. The highest BCUT2D eigenvalue weighted by Gasteiger charge is 2.59. The molecule has 1 aromatic rings. The topological polar surface area (TPSA) is 40.6 Å². The molecule has 2 bridgehead atoms. The third kappa shape index (κ3) is 1.62. The SMILES string of the molecule is CN(C)c1ccc(N2C(=O)[C@H]3[C@H](C2=O)[C@H]2C=C[C@H]3C2)cc1. The largest absolute Gasteiger partial charge is 0.378 e. The van der Waals surface area contributed by atoms with Crippen molar-refractivity contribution in [1.82, 2.24) is 0 Å². The lowest BCUT2D eigenvalue weighted by molar-refractivity contribution is -0.123. The van der Waals surface area contributed by atoms with Crippen molar-refractivity contribution in [1.29, 1.82) is 0 Å². The van der Waals surface area contributed by atoms with E-state index in [-0.39, 0.29) is 35.5 Å². The van der Waals surface area contributed by atoms with E-state index in [2.05, 4.69) is 12.2 Å². The number of benzene rings is 1. The van der Waals surface area contributed by atoms with Crippen molar-refractivity contribution >= 4 is 23.2 Å². The first-order valence-electron chi connectivity index (χ1n) is 7.41. The van der Waals surface area contributed by atoms with Gasteiger partial charge in [-0.1, -0.05) is 12.2 Å². The molecule has 108 valence electrons. The summed E-state index contributed by atoms with van der Waals surface area (Å²) in [5.41, 5.74) is 1.75. The number of rotatable bonds is 2. The van der Waals surface area contributed by atoms with Crippen molar-refractivity contribution in [3.63, 3.8) is 0 Å². The first-order chi connectivity index (χ1) is 10.1. The van der Waals surface area contributed by atoms with Gasteiger partial charge in [-0.25, -0.2) is 0 Å². The lowest BCUT2D eigenvalue weighted by Crippen LogP contribution is -2.32. The molecule has 4 rings (SSSR count). The van der Waals surface area contributed by atoms with E-state index >= 15 is 0 Å². The minimum atomic E-state index is -0.124. The summed E-state index contributed by atoms with van der Waals surface area (Å²) in [6, 6.07) is 7.61. The molecule has 0 unspecified atom stereocenters. The second kappa shape index (κ2) is 4.20. The second-order valence-corrected chi connectivity index (χ2v) is 6.42. The summed E-state index contributed by atoms with van der Waals surface area (Å²) in [6.45, 7) is 0. The Hall–Kier alpha value is -2.10. The Bertz CT molecular complexity index is 617. The van der Waals surface area contributed by atoms with E-state index in [0.29, 0.717) is 5.69 Å². The highest BCUT2D eigenvalue weighted by molar-refractivity contribution is 6.22. The van der Waals surface area contributed by atoms with Gasteiger partial charge >= 0.3 is 0 Å². The van der Waals surface area contributed by atoms with E-state index in [4.69, 9.17) is 0 Å². The van der Waals surface area contributed by atoms with Gasteiger partial charge in [0.15, 0.2) is 0 Å². The van der Waals surface area contributed by atoms with E-state index in [1.807, 2.05) is 43.3 Å². The number of fused-ring (bicyclic) bond motifs is 5. The minimum Gasteiger partial charge on any atom is -0.378 e. The number of anilines is 2. The maximum Gasteiger partial charge on any atom is 0.238 e. The standard InChI is InChI=1S/C17H18N2O2/c1-18(2)12-5-7-13(8-6-12)19-16(20)14-10-3-4-11(9-10)15(14)17(19)21/h3-8,10-11,14-15H,9H2,1-2H3/t10-,11-,14+,15+/m0/s1. The molecule has 0 spiro atoms. The summed E-state index contributed by atoms with van der Waals surface area (Å²) >= 11 is 0. The van der Waals surface area contributed by atoms with Gasteiger partial charge in [0.05, 0.1) is 17.5 Å². The third-order valence-electron chi connectivity index (χ3n) is 5.09. The summed E-state index contributed by atoms with van der Waals surface area (Å²) in [5.74, 6) is 0.256. The number of allylic oxidation sites excluding steroid dienone is 2. The molecular weight excluding hydrogens is 264 g/mol. The molecule has 0 N–H and O–H groups in total. The number of carbonyl (C=O) groups is 2. The Morgan fingerprint density at radius 3 is 1.95 bits per heavy atom. The van der Waals surface area contributed by atoms with Gasteiger partial charge < -0.3 is 4.90 Å². The number of amides is 2. The van der Waals surface area contributed by atoms with Crippen LogP contribution in [0.2, 0.25) is 0 Å². The van der Waals surface area contributed by atoms with E-state index in [0.717, 1.165) is 12.1 Å². The third-order valence-corrected chi connectivity index (χ3v) is 5.09. The second-order valence-electron chi connectivity index (χ2n) is 6.42. The number of hydrogen-bond acceptors (Lipinski definition) is 3. The molecule has 0 aromatic heterocycles. The van der Waals surface area contributed by atoms with Gasteiger partial charge in [0.2, 0.25) is 11.8 Å². The maximum absolute atomic E-state index is 12.7. The number of nitrogens with zero attached hydrogens (tertiary/aromatic N) is 2. The Balaban J connectivity index is 1.68. The molecule has 1 heterocycles. The monoisotopic (exact) mass is 282 g/mol. The molecule has 21 heavy (non-hydrogen) atoms. The average Bonchev–Trinajstić information content (AvgIpc) is 3.13. The van der Waals surface area contributed by atoms with Crippen molar-refractivity contribution in [3.8, 4) is 0 Å². The maximum atomic E-state index is 12.7. The molecule has 2 amide bonds. The highest BCUT2D eigenvalue weighted by Crippen LogP contribution is 2.53. The fourth-order valence-electron chi connectivity index (χ4n) is 4.06. The van der Waals surface area contributed by atoms with E-state index in [1.165, 1.54) is 4.90 Å². The van der Waals surface area contributed by atoms with Crippen LogP contribution < -0.4 is 9.80 Å². The van der Waals surface area contributed by atoms with Crippen LogP contribution in [0.15, 0.2) is 36.4 Å². The highest BCUT2D eigenvalue weighted by atomic mass is 16.2. The Morgan fingerprint density at radius 1 is 0.952 bits per heavy atom. The van der Waals surface area contributed by atoms with Gasteiger partial charge in [-0.15, -0.1) is 0 Å². The van der Waals surface area contributed by atoms with Crippen LogP contribution in [0, 0.1) is 23.7 Å². The molecule has 1 aromatic carbocycles. The van der Waals surface area contributed by atoms with E-state index < -0.39 is 0 Å². The molecule has 2 fully saturated rings. The van der Waals surface area contributed by atoms with Crippen LogP contribution in [0.5, 0.6) is 0 Å². The smallest absolute Gasteiger partial charge is 0.238 e. The van der Waals surface area contributed by atoms with Crippen LogP contribution in [-0.4, -0.2) is 25.9 Å². The van der Waals surface area contributed by atoms with E-state index in [9.17, 15) is 9.59 Å². The fraction of sp³-hybridized carbons (Fsp3) is 0.412. The summed E-state index contributed by atoms with van der Waals surface area (Å²) in [5, 5.41) is 0. The number of hydrogen-bond donors (Lipinski definition) is 0. The van der Waals surface area contributed by atoms with Gasteiger partial charge in [-0.2, -0.15) is 0 Å². The van der Waals surface area contributed by atoms with Gasteiger partial charge in [0.25, 0.3) is 0 Å². The molecule has 1 saturated carbocycles. The summed E-state index contributed by atoms with van der Waals surface area (Å²) < 4.78 is 0. The van der Waals surface area contributed by atoms with Crippen LogP contribution in [-0.2, 0) is 9.59 Å². The summed E-state index contributed by atoms with van der Waals surface area (Å²) in [7, 11) is 3.93. The van der Waals surface area contributed by atoms with Crippen LogP contribution in [0.1, 0.15) is 6.42 Å². The number of imide groups is 1. The van der Waals surface area contributed by atoms with Crippen molar-refractivity contribution in [2.45, 2.75) is 6.42 Å². The summed E-state index contributed by atoms with van der Waals surface area (Å²) in [4.78, 5) is 28.7. The van der Waals surface area contributed by atoms with Crippen LogP contribution in [0.4, 0.5) is 11.4 Å². The van der Waals surface area contributed by atoms with Crippen molar-refractivity contribution < 1.29 is 9.59 Å². The summed E-state index contributed by atoms with van der Waals surface area (Å²) in [6.07, 6.45) is 5.21. The first kappa shape index (κ1) is 12.6. The predicted molar refractivity (Wildman–Crippen MR) is 81.0 cm³/mol. The lowest BCUT2D eigenvalue weighted by Gasteiger charge is -2.19. The van der Waals surface area contributed by atoms with Gasteiger partial charge in [-0.3, -0.25) is 14.5 Å². The Labute approximate surface area is 124 Å². The van der Waals surface area contributed by atoms with Crippen molar-refractivity contribution in [2.75, 3.05) is 23.9 Å². The van der Waals surface area contributed by atoms with Gasteiger partial charge in [0.1, 0.15) is 0 Å². The van der Waals surface area contributed by atoms with Gasteiger partial charge in [-0.05, 0) is 42.5 Å². The average molecular weight is 282 g/mol. The van der Waals surface area contributed by atoms with Crippen LogP contribution in [0.3, 0.4) is 0 Å².